The third-order valence-corrected chi connectivity index (χ3v) is 7.48. The molecular weight excluding hydrogens is 472 g/mol. The highest BCUT2D eigenvalue weighted by Gasteiger charge is 2.33. The minimum Gasteiger partial charge on any atom is -0.356 e. The fourth-order valence-electron chi connectivity index (χ4n) is 3.33. The van der Waals surface area contributed by atoms with Gasteiger partial charge in [0.15, 0.2) is 5.82 Å². The van der Waals surface area contributed by atoms with Gasteiger partial charge in [-0.15, -0.1) is 0 Å². The molecule has 2 aromatic rings. The molecule has 8 nitrogen and oxygen atoms in total. The Morgan fingerprint density at radius 2 is 2.07 bits per heavy atom. The summed E-state index contributed by atoms with van der Waals surface area (Å²) >= 11 is 3.31. The number of piperidine rings is 1. The number of hydrogen-bond acceptors (Lipinski definition) is 6. The lowest BCUT2D eigenvalue weighted by Gasteiger charge is -2.31. The summed E-state index contributed by atoms with van der Waals surface area (Å²) < 4.78 is 33.2. The Kier molecular flexibility index (Phi) is 7.65. The summed E-state index contributed by atoms with van der Waals surface area (Å²) in [5, 5.41) is 6.84. The molecule has 2 heterocycles. The zero-order valence-electron chi connectivity index (χ0n) is 17.2. The number of sulfonamides is 1. The molecule has 0 bridgehead atoms. The smallest absolute Gasteiger partial charge is 0.243 e. The first-order valence-corrected chi connectivity index (χ1v) is 12.4. The van der Waals surface area contributed by atoms with Gasteiger partial charge < -0.3 is 9.84 Å². The summed E-state index contributed by atoms with van der Waals surface area (Å²) in [4.78, 5) is 17.1. The van der Waals surface area contributed by atoms with Crippen molar-refractivity contribution in [1.29, 1.82) is 0 Å². The maximum absolute atomic E-state index is 12.9. The molecule has 1 N–H and O–H groups in total. The quantitative estimate of drug-likeness (QED) is 0.560. The van der Waals surface area contributed by atoms with Crippen LogP contribution in [-0.4, -0.2) is 48.4 Å². The molecule has 0 radical (unpaired) electrons. The number of hydrogen-bond donors (Lipinski definition) is 1. The molecule has 3 rings (SSSR count). The maximum atomic E-state index is 12.9. The van der Waals surface area contributed by atoms with E-state index in [0.717, 1.165) is 4.47 Å². The molecule has 1 fully saturated rings. The number of nitrogens with zero attached hydrogens (tertiary/aromatic N) is 3. The molecule has 30 heavy (non-hydrogen) atoms. The predicted octanol–water partition coefficient (Wildman–Crippen LogP) is 3.11. The number of rotatable bonds is 8. The van der Waals surface area contributed by atoms with Gasteiger partial charge in [-0.3, -0.25) is 4.79 Å². The summed E-state index contributed by atoms with van der Waals surface area (Å²) in [5.74, 6) is 1.00. The molecule has 1 saturated heterocycles. The highest BCUT2D eigenvalue weighted by atomic mass is 79.9. The van der Waals surface area contributed by atoms with Crippen molar-refractivity contribution in [3.63, 3.8) is 0 Å². The molecule has 10 heteroatoms. The van der Waals surface area contributed by atoms with E-state index in [-0.39, 0.29) is 29.2 Å². The van der Waals surface area contributed by atoms with E-state index in [4.69, 9.17) is 4.52 Å². The topological polar surface area (TPSA) is 105 Å². The third-order valence-electron chi connectivity index (χ3n) is 5.07. The van der Waals surface area contributed by atoms with E-state index in [1.54, 1.807) is 24.3 Å². The van der Waals surface area contributed by atoms with E-state index < -0.39 is 10.0 Å². The number of carbonyl (C=O) groups excluding carboxylic acids is 1. The van der Waals surface area contributed by atoms with Gasteiger partial charge in [0.05, 0.1) is 10.8 Å². The van der Waals surface area contributed by atoms with Crippen LogP contribution in [0.1, 0.15) is 50.7 Å². The zero-order valence-corrected chi connectivity index (χ0v) is 19.6. The molecule has 1 aliphatic rings. The maximum Gasteiger partial charge on any atom is 0.243 e. The Morgan fingerprint density at radius 3 is 2.73 bits per heavy atom. The Labute approximate surface area is 185 Å². The van der Waals surface area contributed by atoms with Gasteiger partial charge >= 0.3 is 0 Å². The van der Waals surface area contributed by atoms with Gasteiger partial charge in [0.1, 0.15) is 0 Å². The Balaban J connectivity index is 1.49. The summed E-state index contributed by atoms with van der Waals surface area (Å²) in [6, 6.07) is 6.56. The Hall–Kier alpha value is -1.78. The number of halogens is 1. The second-order valence-corrected chi connectivity index (χ2v) is 10.6. The van der Waals surface area contributed by atoms with Crippen molar-refractivity contribution in [2.45, 2.75) is 50.3 Å². The van der Waals surface area contributed by atoms with Crippen LogP contribution in [0.25, 0.3) is 0 Å². The lowest BCUT2D eigenvalue weighted by molar-refractivity contribution is -0.126. The van der Waals surface area contributed by atoms with Gasteiger partial charge in [-0.05, 0) is 43.5 Å². The van der Waals surface area contributed by atoms with E-state index in [2.05, 4.69) is 31.4 Å². The van der Waals surface area contributed by atoms with Crippen molar-refractivity contribution in [3.05, 3.63) is 40.5 Å². The molecule has 0 spiro atoms. The second-order valence-electron chi connectivity index (χ2n) is 7.75. The van der Waals surface area contributed by atoms with Crippen LogP contribution in [0.5, 0.6) is 0 Å². The summed E-state index contributed by atoms with van der Waals surface area (Å²) in [5.41, 5.74) is 0. The monoisotopic (exact) mass is 498 g/mol. The normalized spacial score (nSPS) is 17.9. The number of benzene rings is 1. The molecule has 1 aromatic heterocycles. The SMILES string of the molecule is CC(C)c1noc(CCCNC(=O)C2CCCN(S(=O)(=O)c3ccc(Br)cc3)C2)n1. The largest absolute Gasteiger partial charge is 0.356 e. The summed E-state index contributed by atoms with van der Waals surface area (Å²) in [6.45, 7) is 5.11. The number of aromatic nitrogens is 2. The van der Waals surface area contributed by atoms with E-state index in [9.17, 15) is 13.2 Å². The summed E-state index contributed by atoms with van der Waals surface area (Å²) in [6.07, 6.45) is 2.61. The second kappa shape index (κ2) is 10.0. The van der Waals surface area contributed by atoms with Gasteiger partial charge in [-0.1, -0.05) is 34.9 Å². The first-order chi connectivity index (χ1) is 14.3. The van der Waals surface area contributed by atoms with E-state index in [1.165, 1.54) is 4.31 Å². The van der Waals surface area contributed by atoms with Crippen LogP contribution in [0, 0.1) is 5.92 Å². The fraction of sp³-hybridized carbons (Fsp3) is 0.550. The molecule has 0 saturated carbocycles. The van der Waals surface area contributed by atoms with E-state index in [1.807, 2.05) is 13.8 Å². The minimum absolute atomic E-state index is 0.112. The lowest BCUT2D eigenvalue weighted by atomic mass is 9.99. The number of amides is 1. The molecule has 0 aliphatic carbocycles. The molecule has 1 atom stereocenters. The predicted molar refractivity (Wildman–Crippen MR) is 115 cm³/mol. The molecule has 1 unspecified atom stereocenters. The standard InChI is InChI=1S/C20H27BrN4O4S/c1-14(2)19-23-18(29-24-19)6-3-11-22-20(26)15-5-4-12-25(13-15)30(27,28)17-9-7-16(21)8-10-17/h7-10,14-15H,3-6,11-13H2,1-2H3,(H,22,26). The van der Waals surface area contributed by atoms with Crippen LogP contribution >= 0.6 is 15.9 Å². The van der Waals surface area contributed by atoms with Crippen molar-refractivity contribution < 1.29 is 17.7 Å². The van der Waals surface area contributed by atoms with Crippen LogP contribution < -0.4 is 5.32 Å². The summed E-state index contributed by atoms with van der Waals surface area (Å²) in [7, 11) is -3.61. The molecule has 164 valence electrons. The van der Waals surface area contributed by atoms with Crippen molar-refractivity contribution in [3.8, 4) is 0 Å². The van der Waals surface area contributed by atoms with Crippen LogP contribution in [0.2, 0.25) is 0 Å². The van der Waals surface area contributed by atoms with Crippen LogP contribution in [0.15, 0.2) is 38.2 Å². The fourth-order valence-corrected chi connectivity index (χ4v) is 5.12. The molecule has 1 aliphatic heterocycles. The van der Waals surface area contributed by atoms with Gasteiger partial charge in [-0.2, -0.15) is 9.29 Å². The minimum atomic E-state index is -3.61. The number of aryl methyl sites for hydroxylation is 1. The van der Waals surface area contributed by atoms with Crippen LogP contribution in [0.3, 0.4) is 0 Å². The number of nitrogens with one attached hydrogen (secondary N) is 1. The average molecular weight is 499 g/mol. The van der Waals surface area contributed by atoms with Crippen LogP contribution in [0.4, 0.5) is 0 Å². The zero-order chi connectivity index (χ0) is 21.7. The van der Waals surface area contributed by atoms with Crippen molar-refractivity contribution >= 4 is 31.9 Å². The Morgan fingerprint density at radius 1 is 1.33 bits per heavy atom. The molecule has 1 aromatic carbocycles. The Bertz CT molecular complexity index is 959. The van der Waals surface area contributed by atoms with Gasteiger partial charge in [0, 0.05) is 36.4 Å². The molecular formula is C20H27BrN4O4S. The van der Waals surface area contributed by atoms with Crippen molar-refractivity contribution in [1.82, 2.24) is 19.8 Å². The van der Waals surface area contributed by atoms with Crippen molar-refractivity contribution in [2.24, 2.45) is 5.92 Å². The first kappa shape index (κ1) is 22.9. The van der Waals surface area contributed by atoms with Gasteiger partial charge in [0.25, 0.3) is 0 Å². The highest BCUT2D eigenvalue weighted by Crippen LogP contribution is 2.25. The van der Waals surface area contributed by atoms with Crippen molar-refractivity contribution in [2.75, 3.05) is 19.6 Å². The average Bonchev–Trinajstić information content (AvgIpc) is 3.21. The lowest BCUT2D eigenvalue weighted by Crippen LogP contribution is -2.45. The van der Waals surface area contributed by atoms with Gasteiger partial charge in [-0.25, -0.2) is 8.42 Å². The molecule has 1 amide bonds. The van der Waals surface area contributed by atoms with Crippen LogP contribution in [-0.2, 0) is 21.2 Å². The first-order valence-electron chi connectivity index (χ1n) is 10.1. The van der Waals surface area contributed by atoms with E-state index in [0.29, 0.717) is 50.5 Å². The van der Waals surface area contributed by atoms with E-state index >= 15 is 0 Å². The highest BCUT2D eigenvalue weighted by molar-refractivity contribution is 9.10. The van der Waals surface area contributed by atoms with Gasteiger partial charge in [0.2, 0.25) is 21.8 Å². The number of carbonyl (C=O) groups is 1. The third kappa shape index (κ3) is 5.67.